The molecule has 0 saturated carbocycles. The van der Waals surface area contributed by atoms with Crippen LogP contribution in [0, 0.1) is 0 Å². The molecule has 0 aliphatic carbocycles. The topological polar surface area (TPSA) is 95.4 Å². The number of esters is 1. The number of benzene rings is 1. The van der Waals surface area contributed by atoms with Crippen LogP contribution in [0.5, 0.6) is 0 Å². The van der Waals surface area contributed by atoms with Gasteiger partial charge in [0.15, 0.2) is 0 Å². The molecule has 0 spiro atoms. The van der Waals surface area contributed by atoms with Crippen molar-refractivity contribution in [2.75, 3.05) is 6.54 Å². The van der Waals surface area contributed by atoms with Crippen LogP contribution in [0.3, 0.4) is 0 Å². The van der Waals surface area contributed by atoms with Crippen molar-refractivity contribution < 1.29 is 14.3 Å². The maximum Gasteiger partial charge on any atom is 0.356 e. The van der Waals surface area contributed by atoms with Gasteiger partial charge in [-0.1, -0.05) is 35.4 Å². The van der Waals surface area contributed by atoms with Gasteiger partial charge >= 0.3 is 5.97 Å². The Hall–Kier alpha value is -2.44. The van der Waals surface area contributed by atoms with E-state index in [-0.39, 0.29) is 24.4 Å². The largest absolute Gasteiger partial charge is 0.456 e. The fourth-order valence-electron chi connectivity index (χ4n) is 2.48. The Labute approximate surface area is 136 Å². The van der Waals surface area contributed by atoms with Crippen molar-refractivity contribution in [3.63, 3.8) is 0 Å². The SMILES string of the molecule is [N-]=[N+]=NCCC1=C(C(=O)OCc2ccccc2)N2C(=O)CC2S1. The minimum absolute atomic E-state index is 0.0251. The second-order valence-corrected chi connectivity index (χ2v) is 6.35. The molecule has 2 aliphatic heterocycles. The lowest BCUT2D eigenvalue weighted by Crippen LogP contribution is -2.48. The number of hydrogen-bond donors (Lipinski definition) is 0. The van der Waals surface area contributed by atoms with Gasteiger partial charge in [0.25, 0.3) is 0 Å². The molecule has 0 N–H and O–H groups in total. The molecule has 0 aromatic heterocycles. The van der Waals surface area contributed by atoms with E-state index in [1.165, 1.54) is 16.7 Å². The summed E-state index contributed by atoms with van der Waals surface area (Å²) in [4.78, 5) is 29.1. The molecule has 1 aromatic rings. The molecule has 23 heavy (non-hydrogen) atoms. The molecule has 7 nitrogen and oxygen atoms in total. The van der Waals surface area contributed by atoms with Gasteiger partial charge in [-0.25, -0.2) is 4.79 Å². The molecule has 1 saturated heterocycles. The van der Waals surface area contributed by atoms with Crippen LogP contribution in [0.2, 0.25) is 0 Å². The van der Waals surface area contributed by atoms with Crippen molar-refractivity contribution in [2.45, 2.75) is 24.8 Å². The average Bonchev–Trinajstić information content (AvgIpc) is 2.86. The number of nitrogens with zero attached hydrogens (tertiary/aromatic N) is 4. The molecule has 1 amide bonds. The zero-order valence-corrected chi connectivity index (χ0v) is 13.0. The first-order valence-corrected chi connectivity index (χ1v) is 8.02. The van der Waals surface area contributed by atoms with Gasteiger partial charge in [0, 0.05) is 16.4 Å². The van der Waals surface area contributed by atoms with Gasteiger partial charge in [-0.15, -0.1) is 11.8 Å². The summed E-state index contributed by atoms with van der Waals surface area (Å²) in [7, 11) is 0. The zero-order valence-electron chi connectivity index (χ0n) is 12.2. The number of hydrogen-bond acceptors (Lipinski definition) is 5. The second kappa shape index (κ2) is 6.76. The van der Waals surface area contributed by atoms with Gasteiger partial charge in [0.1, 0.15) is 12.3 Å². The molecule has 2 aliphatic rings. The summed E-state index contributed by atoms with van der Waals surface area (Å²) in [6.45, 7) is 0.410. The van der Waals surface area contributed by atoms with Gasteiger partial charge in [0.2, 0.25) is 5.91 Å². The molecule has 3 rings (SSSR count). The number of thioether (sulfide) groups is 1. The fraction of sp³-hybridized carbons (Fsp3) is 0.333. The highest BCUT2D eigenvalue weighted by Crippen LogP contribution is 2.47. The third kappa shape index (κ3) is 3.18. The number of β-lactam (4-membered cyclic amide) rings is 1. The van der Waals surface area contributed by atoms with Crippen molar-refractivity contribution in [3.05, 3.63) is 56.9 Å². The van der Waals surface area contributed by atoms with Gasteiger partial charge in [-0.05, 0) is 17.5 Å². The van der Waals surface area contributed by atoms with E-state index in [2.05, 4.69) is 10.0 Å². The second-order valence-electron chi connectivity index (χ2n) is 5.08. The maximum atomic E-state index is 12.4. The third-order valence-electron chi connectivity index (χ3n) is 3.60. The minimum Gasteiger partial charge on any atom is -0.456 e. The molecule has 0 radical (unpaired) electrons. The van der Waals surface area contributed by atoms with E-state index < -0.39 is 5.97 Å². The van der Waals surface area contributed by atoms with Gasteiger partial charge in [-0.3, -0.25) is 9.69 Å². The first kappa shape index (κ1) is 15.5. The lowest BCUT2D eigenvalue weighted by Gasteiger charge is -2.34. The van der Waals surface area contributed by atoms with Crippen LogP contribution >= 0.6 is 11.8 Å². The van der Waals surface area contributed by atoms with Crippen LogP contribution in [0.15, 0.2) is 46.0 Å². The summed E-state index contributed by atoms with van der Waals surface area (Å²) >= 11 is 1.47. The summed E-state index contributed by atoms with van der Waals surface area (Å²) in [5.41, 5.74) is 9.55. The first-order chi connectivity index (χ1) is 11.2. The summed E-state index contributed by atoms with van der Waals surface area (Å²) < 4.78 is 5.34. The highest BCUT2D eigenvalue weighted by molar-refractivity contribution is 8.04. The van der Waals surface area contributed by atoms with Crippen LogP contribution in [-0.2, 0) is 20.9 Å². The van der Waals surface area contributed by atoms with E-state index in [1.54, 1.807) is 0 Å². The number of azide groups is 1. The smallest absolute Gasteiger partial charge is 0.356 e. The van der Waals surface area contributed by atoms with Crippen molar-refractivity contribution in [2.24, 2.45) is 5.11 Å². The maximum absolute atomic E-state index is 12.4. The average molecular weight is 330 g/mol. The first-order valence-electron chi connectivity index (χ1n) is 7.14. The predicted molar refractivity (Wildman–Crippen MR) is 84.7 cm³/mol. The zero-order chi connectivity index (χ0) is 16.2. The fourth-order valence-corrected chi connectivity index (χ4v) is 3.87. The Kier molecular flexibility index (Phi) is 4.55. The molecule has 0 bridgehead atoms. The summed E-state index contributed by atoms with van der Waals surface area (Å²) in [5, 5.41) is 3.46. The third-order valence-corrected chi connectivity index (χ3v) is 4.93. The molecule has 1 fully saturated rings. The highest BCUT2D eigenvalue weighted by atomic mass is 32.2. The number of carbonyl (C=O) groups excluding carboxylic acids is 2. The van der Waals surface area contributed by atoms with Crippen molar-refractivity contribution >= 4 is 23.6 Å². The lowest BCUT2D eigenvalue weighted by molar-refractivity contribution is -0.149. The van der Waals surface area contributed by atoms with Crippen LogP contribution in [0.4, 0.5) is 0 Å². The molecular weight excluding hydrogens is 316 g/mol. The molecule has 118 valence electrons. The summed E-state index contributed by atoms with van der Waals surface area (Å²) in [5.74, 6) is -0.583. The van der Waals surface area contributed by atoms with E-state index in [1.807, 2.05) is 30.3 Å². The molecule has 1 aromatic carbocycles. The van der Waals surface area contributed by atoms with E-state index in [9.17, 15) is 9.59 Å². The molecular formula is C15H14N4O3S. The standard InChI is InChI=1S/C15H14N4O3S/c16-18-17-7-6-11-14(19-12(20)8-13(19)23-11)15(21)22-9-10-4-2-1-3-5-10/h1-5,13H,6-9H2. The number of amides is 1. The molecule has 1 atom stereocenters. The number of carbonyl (C=O) groups is 2. The Morgan fingerprint density at radius 3 is 2.91 bits per heavy atom. The van der Waals surface area contributed by atoms with E-state index >= 15 is 0 Å². The Morgan fingerprint density at radius 1 is 1.43 bits per heavy atom. The predicted octanol–water partition coefficient (Wildman–Crippen LogP) is 2.95. The Bertz CT molecular complexity index is 713. The van der Waals surface area contributed by atoms with Gasteiger partial charge in [0.05, 0.1) is 11.8 Å². The van der Waals surface area contributed by atoms with Crippen LogP contribution in [0.25, 0.3) is 10.4 Å². The minimum atomic E-state index is -0.507. The molecule has 2 heterocycles. The van der Waals surface area contributed by atoms with Crippen molar-refractivity contribution in [1.29, 1.82) is 0 Å². The number of rotatable bonds is 6. The van der Waals surface area contributed by atoms with Crippen LogP contribution in [-0.4, -0.2) is 28.7 Å². The van der Waals surface area contributed by atoms with E-state index in [4.69, 9.17) is 10.3 Å². The Balaban J connectivity index is 1.72. The summed E-state index contributed by atoms with van der Waals surface area (Å²) in [6, 6.07) is 9.36. The lowest BCUT2D eigenvalue weighted by atomic mass is 10.1. The van der Waals surface area contributed by atoms with E-state index in [0.717, 1.165) is 10.5 Å². The number of ether oxygens (including phenoxy) is 1. The van der Waals surface area contributed by atoms with E-state index in [0.29, 0.717) is 18.5 Å². The monoisotopic (exact) mass is 330 g/mol. The molecule has 1 unspecified atom stereocenters. The van der Waals surface area contributed by atoms with Crippen molar-refractivity contribution in [3.8, 4) is 0 Å². The summed E-state index contributed by atoms with van der Waals surface area (Å²) in [6.07, 6.45) is 0.857. The normalized spacial score (nSPS) is 19.0. The van der Waals surface area contributed by atoms with Gasteiger partial charge in [-0.2, -0.15) is 0 Å². The number of fused-ring (bicyclic) bond motifs is 1. The quantitative estimate of drug-likeness (QED) is 0.263. The Morgan fingerprint density at radius 2 is 2.22 bits per heavy atom. The molecule has 8 heteroatoms. The van der Waals surface area contributed by atoms with Crippen LogP contribution < -0.4 is 0 Å². The van der Waals surface area contributed by atoms with Crippen molar-refractivity contribution in [1.82, 2.24) is 4.90 Å². The van der Waals surface area contributed by atoms with Crippen LogP contribution in [0.1, 0.15) is 18.4 Å². The highest BCUT2D eigenvalue weighted by Gasteiger charge is 2.48. The van der Waals surface area contributed by atoms with Gasteiger partial charge < -0.3 is 4.74 Å².